The SMILES string of the molecule is N#Cc1c(N)cccc1OCC1CCCO1. The molecule has 4 heteroatoms. The summed E-state index contributed by atoms with van der Waals surface area (Å²) in [5.74, 6) is 0.540. The van der Waals surface area contributed by atoms with Crippen molar-refractivity contribution in [1.82, 2.24) is 0 Å². The summed E-state index contributed by atoms with van der Waals surface area (Å²) in [7, 11) is 0. The van der Waals surface area contributed by atoms with Crippen LogP contribution in [0.3, 0.4) is 0 Å². The average molecular weight is 218 g/mol. The van der Waals surface area contributed by atoms with Crippen LogP contribution in [0.2, 0.25) is 0 Å². The number of nitriles is 1. The first kappa shape index (κ1) is 10.8. The van der Waals surface area contributed by atoms with E-state index in [0.717, 1.165) is 19.4 Å². The van der Waals surface area contributed by atoms with Gasteiger partial charge in [-0.15, -0.1) is 0 Å². The average Bonchev–Trinajstić information content (AvgIpc) is 2.79. The van der Waals surface area contributed by atoms with Crippen molar-refractivity contribution in [2.45, 2.75) is 18.9 Å². The lowest BCUT2D eigenvalue weighted by molar-refractivity contribution is 0.0679. The predicted molar refractivity (Wildman–Crippen MR) is 60.0 cm³/mol. The summed E-state index contributed by atoms with van der Waals surface area (Å²) in [6.45, 7) is 1.29. The number of anilines is 1. The molecule has 2 rings (SSSR count). The minimum Gasteiger partial charge on any atom is -0.489 e. The third-order valence-electron chi connectivity index (χ3n) is 2.62. The Kier molecular flexibility index (Phi) is 3.28. The molecule has 0 radical (unpaired) electrons. The van der Waals surface area contributed by atoms with Crippen LogP contribution < -0.4 is 10.5 Å². The Labute approximate surface area is 94.6 Å². The zero-order valence-electron chi connectivity index (χ0n) is 8.98. The molecule has 4 nitrogen and oxygen atoms in total. The summed E-state index contributed by atoms with van der Waals surface area (Å²) in [4.78, 5) is 0. The lowest BCUT2D eigenvalue weighted by Gasteiger charge is -2.12. The van der Waals surface area contributed by atoms with Gasteiger partial charge in [0.25, 0.3) is 0 Å². The fraction of sp³-hybridized carbons (Fsp3) is 0.417. The fourth-order valence-corrected chi connectivity index (χ4v) is 1.75. The van der Waals surface area contributed by atoms with Gasteiger partial charge in [-0.05, 0) is 25.0 Å². The molecule has 1 aliphatic heterocycles. The Morgan fingerprint density at radius 3 is 3.12 bits per heavy atom. The summed E-state index contributed by atoms with van der Waals surface area (Å²) in [6, 6.07) is 7.27. The lowest BCUT2D eigenvalue weighted by Crippen LogP contribution is -2.16. The lowest BCUT2D eigenvalue weighted by atomic mass is 10.2. The molecule has 2 N–H and O–H groups in total. The highest BCUT2D eigenvalue weighted by Gasteiger charge is 2.17. The number of rotatable bonds is 3. The van der Waals surface area contributed by atoms with Crippen LogP contribution in [0.4, 0.5) is 5.69 Å². The maximum atomic E-state index is 8.95. The van der Waals surface area contributed by atoms with Gasteiger partial charge in [0.1, 0.15) is 24.0 Å². The van der Waals surface area contributed by atoms with Gasteiger partial charge >= 0.3 is 0 Å². The number of hydrogen-bond donors (Lipinski definition) is 1. The topological polar surface area (TPSA) is 68.3 Å². The summed E-state index contributed by atoms with van der Waals surface area (Å²) in [5.41, 5.74) is 6.54. The first-order chi connectivity index (χ1) is 7.81. The molecule has 1 fully saturated rings. The normalized spacial score (nSPS) is 19.3. The Balaban J connectivity index is 2.03. The van der Waals surface area contributed by atoms with Crippen LogP contribution in [-0.2, 0) is 4.74 Å². The second-order valence-corrected chi connectivity index (χ2v) is 3.78. The zero-order chi connectivity index (χ0) is 11.4. The van der Waals surface area contributed by atoms with Crippen LogP contribution in [0.1, 0.15) is 18.4 Å². The Bertz CT molecular complexity index is 406. The number of nitrogens with zero attached hydrogens (tertiary/aromatic N) is 1. The summed E-state index contributed by atoms with van der Waals surface area (Å²) in [5, 5.41) is 8.95. The van der Waals surface area contributed by atoms with Crippen molar-refractivity contribution in [2.75, 3.05) is 18.9 Å². The van der Waals surface area contributed by atoms with E-state index in [0.29, 0.717) is 23.6 Å². The van der Waals surface area contributed by atoms with E-state index in [-0.39, 0.29) is 6.10 Å². The number of benzene rings is 1. The highest BCUT2D eigenvalue weighted by atomic mass is 16.5. The molecule has 0 saturated carbocycles. The monoisotopic (exact) mass is 218 g/mol. The molecule has 1 aliphatic rings. The molecule has 0 amide bonds. The molecule has 0 aliphatic carbocycles. The van der Waals surface area contributed by atoms with Crippen molar-refractivity contribution in [3.05, 3.63) is 23.8 Å². The molecule has 1 unspecified atom stereocenters. The molecule has 1 atom stereocenters. The van der Waals surface area contributed by atoms with E-state index >= 15 is 0 Å². The molecule has 1 aromatic carbocycles. The van der Waals surface area contributed by atoms with Crippen molar-refractivity contribution in [3.63, 3.8) is 0 Å². The highest BCUT2D eigenvalue weighted by molar-refractivity contribution is 5.60. The first-order valence-corrected chi connectivity index (χ1v) is 5.34. The van der Waals surface area contributed by atoms with E-state index in [1.807, 2.05) is 6.07 Å². The summed E-state index contributed by atoms with van der Waals surface area (Å²) in [6.07, 6.45) is 2.24. The first-order valence-electron chi connectivity index (χ1n) is 5.34. The van der Waals surface area contributed by atoms with E-state index in [9.17, 15) is 0 Å². The molecule has 0 spiro atoms. The van der Waals surface area contributed by atoms with Crippen molar-refractivity contribution in [1.29, 1.82) is 5.26 Å². The Morgan fingerprint density at radius 1 is 1.56 bits per heavy atom. The second kappa shape index (κ2) is 4.86. The molecular formula is C12H14N2O2. The van der Waals surface area contributed by atoms with Gasteiger partial charge in [-0.2, -0.15) is 5.26 Å². The van der Waals surface area contributed by atoms with Gasteiger partial charge in [0, 0.05) is 6.61 Å². The minimum atomic E-state index is 0.146. The largest absolute Gasteiger partial charge is 0.489 e. The standard InChI is InChI=1S/C12H14N2O2/c13-7-10-11(14)4-1-5-12(10)16-8-9-3-2-6-15-9/h1,4-5,9H,2-3,6,8,14H2. The van der Waals surface area contributed by atoms with Crippen molar-refractivity contribution in [2.24, 2.45) is 0 Å². The number of nitrogens with two attached hydrogens (primary N) is 1. The van der Waals surface area contributed by atoms with Crippen molar-refractivity contribution < 1.29 is 9.47 Å². The van der Waals surface area contributed by atoms with Gasteiger partial charge in [-0.1, -0.05) is 6.07 Å². The predicted octanol–water partition coefficient (Wildman–Crippen LogP) is 1.70. The third kappa shape index (κ3) is 2.26. The van der Waals surface area contributed by atoms with Gasteiger partial charge in [0.2, 0.25) is 0 Å². The molecular weight excluding hydrogens is 204 g/mol. The van der Waals surface area contributed by atoms with Crippen molar-refractivity contribution in [3.8, 4) is 11.8 Å². The molecule has 1 heterocycles. The number of hydrogen-bond acceptors (Lipinski definition) is 4. The molecule has 84 valence electrons. The van der Waals surface area contributed by atoms with Crippen LogP contribution in [0, 0.1) is 11.3 Å². The molecule has 1 aromatic rings. The van der Waals surface area contributed by atoms with Crippen LogP contribution in [0.5, 0.6) is 5.75 Å². The maximum absolute atomic E-state index is 8.95. The van der Waals surface area contributed by atoms with E-state index in [1.54, 1.807) is 18.2 Å². The van der Waals surface area contributed by atoms with E-state index in [1.165, 1.54) is 0 Å². The van der Waals surface area contributed by atoms with Crippen LogP contribution in [-0.4, -0.2) is 19.3 Å². The summed E-state index contributed by atoms with van der Waals surface area (Å²) < 4.78 is 11.0. The molecule has 16 heavy (non-hydrogen) atoms. The second-order valence-electron chi connectivity index (χ2n) is 3.78. The fourth-order valence-electron chi connectivity index (χ4n) is 1.75. The van der Waals surface area contributed by atoms with Crippen molar-refractivity contribution >= 4 is 5.69 Å². The zero-order valence-corrected chi connectivity index (χ0v) is 8.98. The molecule has 1 saturated heterocycles. The van der Waals surface area contributed by atoms with Crippen LogP contribution in [0.25, 0.3) is 0 Å². The van der Waals surface area contributed by atoms with Gasteiger partial charge in [0.15, 0.2) is 0 Å². The van der Waals surface area contributed by atoms with Gasteiger partial charge in [-0.25, -0.2) is 0 Å². The minimum absolute atomic E-state index is 0.146. The van der Waals surface area contributed by atoms with Gasteiger partial charge in [-0.3, -0.25) is 0 Å². The van der Waals surface area contributed by atoms with E-state index < -0.39 is 0 Å². The Morgan fingerprint density at radius 2 is 2.44 bits per heavy atom. The quantitative estimate of drug-likeness (QED) is 0.784. The van der Waals surface area contributed by atoms with E-state index in [2.05, 4.69) is 0 Å². The maximum Gasteiger partial charge on any atom is 0.139 e. The van der Waals surface area contributed by atoms with E-state index in [4.69, 9.17) is 20.5 Å². The summed E-state index contributed by atoms with van der Waals surface area (Å²) >= 11 is 0. The third-order valence-corrected chi connectivity index (χ3v) is 2.62. The Hall–Kier alpha value is -1.73. The van der Waals surface area contributed by atoms with Gasteiger partial charge in [0.05, 0.1) is 11.8 Å². The molecule has 0 aromatic heterocycles. The van der Waals surface area contributed by atoms with Gasteiger partial charge < -0.3 is 15.2 Å². The smallest absolute Gasteiger partial charge is 0.139 e. The number of nitrogen functional groups attached to an aromatic ring is 1. The molecule has 0 bridgehead atoms. The number of ether oxygens (including phenoxy) is 2. The van der Waals surface area contributed by atoms with Crippen LogP contribution in [0.15, 0.2) is 18.2 Å². The van der Waals surface area contributed by atoms with Crippen LogP contribution >= 0.6 is 0 Å². The highest BCUT2D eigenvalue weighted by Crippen LogP contribution is 2.24.